The fourth-order valence-corrected chi connectivity index (χ4v) is 3.55. The first kappa shape index (κ1) is 14.9. The average molecular weight is 406 g/mol. The second-order valence-electron chi connectivity index (χ2n) is 4.02. The fourth-order valence-electron chi connectivity index (χ4n) is 1.50. The molecular formula is C13H11IO5S. The van der Waals surface area contributed by atoms with Crippen LogP contribution in [0.5, 0.6) is 11.5 Å². The lowest BCUT2D eigenvalue weighted by molar-refractivity contribution is 0.426. The maximum Gasteiger partial charge on any atom is 0.339 e. The highest BCUT2D eigenvalue weighted by molar-refractivity contribution is 14.1. The van der Waals surface area contributed by atoms with Crippen molar-refractivity contribution in [1.82, 2.24) is 0 Å². The summed E-state index contributed by atoms with van der Waals surface area (Å²) in [5.41, 5.74) is 0.914. The van der Waals surface area contributed by atoms with Crippen molar-refractivity contribution in [2.75, 3.05) is 0 Å². The molecule has 0 saturated heterocycles. The van der Waals surface area contributed by atoms with Gasteiger partial charge in [0.05, 0.1) is 3.57 Å². The zero-order valence-corrected chi connectivity index (χ0v) is 13.4. The van der Waals surface area contributed by atoms with E-state index in [0.717, 1.165) is 5.56 Å². The first-order valence-corrected chi connectivity index (χ1v) is 8.91. The van der Waals surface area contributed by atoms with Crippen molar-refractivity contribution in [1.29, 1.82) is 0 Å². The summed E-state index contributed by atoms with van der Waals surface area (Å²) in [4.78, 5) is -0.0265. The van der Waals surface area contributed by atoms with Gasteiger partial charge >= 0.3 is 10.1 Å². The van der Waals surface area contributed by atoms with E-state index in [2.05, 4.69) is 0 Å². The molecule has 0 unspecified atom stereocenters. The largest absolute Gasteiger partial charge is 0.504 e. The summed E-state index contributed by atoms with van der Waals surface area (Å²) >= 11 is -1.66. The van der Waals surface area contributed by atoms with E-state index in [1.54, 1.807) is 12.1 Å². The Bertz CT molecular complexity index is 738. The predicted octanol–water partition coefficient (Wildman–Crippen LogP) is 2.95. The van der Waals surface area contributed by atoms with Gasteiger partial charge in [0.25, 0.3) is 0 Å². The molecule has 0 aliphatic carbocycles. The number of para-hydroxylation sites is 1. The van der Waals surface area contributed by atoms with Crippen LogP contribution in [0.3, 0.4) is 0 Å². The molecule has 0 atom stereocenters. The summed E-state index contributed by atoms with van der Waals surface area (Å²) in [5.74, 6) is -0.621. The summed E-state index contributed by atoms with van der Waals surface area (Å²) in [5, 5.41) is 9.67. The van der Waals surface area contributed by atoms with E-state index in [9.17, 15) is 16.6 Å². The van der Waals surface area contributed by atoms with Crippen LogP contribution < -0.4 is 4.18 Å². The Labute approximate surface area is 127 Å². The van der Waals surface area contributed by atoms with Crippen LogP contribution in [0.25, 0.3) is 0 Å². The normalized spacial score (nSPS) is 11.2. The molecule has 0 aliphatic heterocycles. The van der Waals surface area contributed by atoms with E-state index in [-0.39, 0.29) is 20.0 Å². The third-order valence-electron chi connectivity index (χ3n) is 2.53. The van der Waals surface area contributed by atoms with E-state index >= 15 is 0 Å². The van der Waals surface area contributed by atoms with E-state index < -0.39 is 31.3 Å². The second-order valence-corrected chi connectivity index (χ2v) is 7.16. The van der Waals surface area contributed by atoms with Gasteiger partial charge in [-0.25, -0.2) is 0 Å². The molecule has 2 aromatic rings. The molecule has 0 aliphatic rings. The van der Waals surface area contributed by atoms with Crippen molar-refractivity contribution in [2.45, 2.75) is 11.8 Å². The number of halogens is 1. The highest BCUT2D eigenvalue weighted by atomic mass is 127. The third kappa shape index (κ3) is 3.15. The molecule has 0 spiro atoms. The first-order valence-electron chi connectivity index (χ1n) is 5.54. The third-order valence-corrected chi connectivity index (χ3v) is 5.09. The Kier molecular flexibility index (Phi) is 4.39. The van der Waals surface area contributed by atoms with Crippen molar-refractivity contribution in [3.63, 3.8) is 0 Å². The van der Waals surface area contributed by atoms with Crippen molar-refractivity contribution in [3.8, 4) is 11.5 Å². The molecule has 0 amide bonds. The number of hydrogen-bond acceptors (Lipinski definition) is 5. The number of benzene rings is 2. The summed E-state index contributed by atoms with van der Waals surface area (Å²) in [6.45, 7) is 1.83. The zero-order valence-electron chi connectivity index (χ0n) is 10.4. The number of aromatic hydroxyl groups is 1. The minimum absolute atomic E-state index is 0.0265. The van der Waals surface area contributed by atoms with Gasteiger partial charge in [0, 0.05) is 0 Å². The lowest BCUT2D eigenvalue weighted by atomic mass is 10.2. The number of aryl methyl sites for hydroxylation is 1. The molecule has 5 nitrogen and oxygen atoms in total. The molecule has 0 heterocycles. The topological polar surface area (TPSA) is 80.7 Å². The standard InChI is InChI=1S/C13H11IO5S/c1-9-5-7-10(8-6-9)20(17,18)19-13-11(14-16)3-2-4-12(13)15/h2-8,15H,1H3. The number of phenolic OH excluding ortho intramolecular Hbond substituents is 1. The molecule has 0 bridgehead atoms. The van der Waals surface area contributed by atoms with Gasteiger partial charge in [-0.2, -0.15) is 8.42 Å². The molecule has 106 valence electrons. The van der Waals surface area contributed by atoms with Crippen LogP contribution in [-0.2, 0) is 13.2 Å². The van der Waals surface area contributed by atoms with Crippen LogP contribution in [0.1, 0.15) is 5.56 Å². The molecular weight excluding hydrogens is 395 g/mol. The van der Waals surface area contributed by atoms with Crippen LogP contribution in [0.15, 0.2) is 47.4 Å². The predicted molar refractivity (Wildman–Crippen MR) is 80.5 cm³/mol. The van der Waals surface area contributed by atoms with E-state index in [0.29, 0.717) is 0 Å². The van der Waals surface area contributed by atoms with Crippen molar-refractivity contribution in [3.05, 3.63) is 51.6 Å². The van der Waals surface area contributed by atoms with Gasteiger partial charge in [-0.05, 0) is 31.2 Å². The van der Waals surface area contributed by atoms with Crippen LogP contribution in [-0.4, -0.2) is 13.5 Å². The van der Waals surface area contributed by atoms with E-state index in [1.165, 1.54) is 30.3 Å². The second kappa shape index (κ2) is 5.88. The minimum atomic E-state index is -4.07. The van der Waals surface area contributed by atoms with Crippen LogP contribution >= 0.6 is 21.2 Å². The molecule has 7 heteroatoms. The van der Waals surface area contributed by atoms with Gasteiger partial charge < -0.3 is 9.29 Å². The van der Waals surface area contributed by atoms with Gasteiger partial charge in [0.2, 0.25) is 0 Å². The van der Waals surface area contributed by atoms with Crippen molar-refractivity contribution < 1.29 is 20.8 Å². The van der Waals surface area contributed by atoms with Crippen LogP contribution in [0, 0.1) is 10.5 Å². The minimum Gasteiger partial charge on any atom is -0.504 e. The first-order chi connectivity index (χ1) is 9.44. The molecule has 20 heavy (non-hydrogen) atoms. The van der Waals surface area contributed by atoms with Gasteiger partial charge in [0.15, 0.2) is 32.7 Å². The van der Waals surface area contributed by atoms with Crippen LogP contribution in [0.2, 0.25) is 0 Å². The van der Waals surface area contributed by atoms with E-state index in [4.69, 9.17) is 4.18 Å². The highest BCUT2D eigenvalue weighted by Gasteiger charge is 2.21. The lowest BCUT2D eigenvalue weighted by Gasteiger charge is -2.09. The maximum atomic E-state index is 12.1. The Morgan fingerprint density at radius 1 is 1.10 bits per heavy atom. The Morgan fingerprint density at radius 2 is 1.75 bits per heavy atom. The monoisotopic (exact) mass is 406 g/mol. The lowest BCUT2D eigenvalue weighted by Crippen LogP contribution is -2.10. The summed E-state index contributed by atoms with van der Waals surface area (Å²) in [6.07, 6.45) is 0. The average Bonchev–Trinajstić information content (AvgIpc) is 2.41. The molecule has 1 N–H and O–H groups in total. The molecule has 0 aromatic heterocycles. The van der Waals surface area contributed by atoms with Crippen molar-refractivity contribution >= 4 is 31.3 Å². The fraction of sp³-hybridized carbons (Fsp3) is 0.0769. The maximum absolute atomic E-state index is 12.1. The Balaban J connectivity index is 2.43. The van der Waals surface area contributed by atoms with Crippen molar-refractivity contribution in [2.24, 2.45) is 0 Å². The van der Waals surface area contributed by atoms with Gasteiger partial charge in [-0.3, -0.25) is 3.07 Å². The summed E-state index contributed by atoms with van der Waals surface area (Å²) < 4.78 is 40.4. The molecule has 0 radical (unpaired) electrons. The molecule has 2 rings (SSSR count). The number of hydrogen-bond donors (Lipinski definition) is 1. The van der Waals surface area contributed by atoms with Gasteiger partial charge in [-0.1, -0.05) is 23.8 Å². The highest BCUT2D eigenvalue weighted by Crippen LogP contribution is 2.35. The molecule has 0 saturated carbocycles. The summed E-state index contributed by atoms with van der Waals surface area (Å²) in [6, 6.07) is 10.3. The smallest absolute Gasteiger partial charge is 0.339 e. The SMILES string of the molecule is Cc1ccc(S(=O)(=O)Oc2c(O)cccc2I=O)cc1. The quantitative estimate of drug-likeness (QED) is 0.624. The number of phenols is 1. The van der Waals surface area contributed by atoms with Crippen LogP contribution in [0.4, 0.5) is 0 Å². The van der Waals surface area contributed by atoms with Gasteiger partial charge in [0.1, 0.15) is 4.90 Å². The molecule has 0 fully saturated rings. The summed E-state index contributed by atoms with van der Waals surface area (Å²) in [7, 11) is -4.07. The Hall–Kier alpha value is -1.48. The Morgan fingerprint density at radius 3 is 2.35 bits per heavy atom. The van der Waals surface area contributed by atoms with Gasteiger partial charge in [-0.15, -0.1) is 0 Å². The molecule has 2 aromatic carbocycles. The number of rotatable bonds is 4. The van der Waals surface area contributed by atoms with E-state index in [1.807, 2.05) is 6.92 Å². The zero-order chi connectivity index (χ0) is 14.8.